The van der Waals surface area contributed by atoms with E-state index >= 15 is 0 Å². The first-order valence-electron chi connectivity index (χ1n) is 5.95. The average Bonchev–Trinajstić information content (AvgIpc) is 2.36. The molecule has 0 spiro atoms. The first-order chi connectivity index (χ1) is 9.55. The van der Waals surface area contributed by atoms with E-state index in [1.807, 2.05) is 6.07 Å². The van der Waals surface area contributed by atoms with E-state index in [1.54, 1.807) is 0 Å². The molecular weight excluding hydrogens is 298 g/mol. The van der Waals surface area contributed by atoms with E-state index in [9.17, 15) is 26.3 Å². The van der Waals surface area contributed by atoms with Crippen LogP contribution in [0.15, 0.2) is 18.2 Å². The number of nitrogens with one attached hydrogen (secondary N) is 1. The molecule has 1 rings (SSSR count). The highest BCUT2D eigenvalue weighted by Gasteiger charge is 2.37. The quantitative estimate of drug-likeness (QED) is 0.665. The van der Waals surface area contributed by atoms with Crippen LogP contribution in [0.3, 0.4) is 0 Å². The number of hydrogen-bond acceptors (Lipinski definition) is 2. The Hall–Kier alpha value is -1.75. The highest BCUT2D eigenvalue weighted by Crippen LogP contribution is 2.37. The molecule has 2 nitrogen and oxygen atoms in total. The summed E-state index contributed by atoms with van der Waals surface area (Å²) in [6.45, 7) is 1.61. The molecule has 0 heterocycles. The van der Waals surface area contributed by atoms with Crippen LogP contribution in [0.1, 0.15) is 36.1 Å². The molecule has 0 aliphatic carbocycles. The van der Waals surface area contributed by atoms with Gasteiger partial charge >= 0.3 is 12.4 Å². The van der Waals surface area contributed by atoms with E-state index in [0.717, 1.165) is 0 Å². The van der Waals surface area contributed by atoms with Gasteiger partial charge < -0.3 is 5.32 Å². The zero-order valence-corrected chi connectivity index (χ0v) is 10.9. The Morgan fingerprint density at radius 2 is 1.52 bits per heavy atom. The molecule has 1 N–H and O–H groups in total. The normalized spacial score (nSPS) is 13.8. The Morgan fingerprint density at radius 1 is 1.05 bits per heavy atom. The summed E-state index contributed by atoms with van der Waals surface area (Å²) in [6.07, 6.45) is -9.61. The molecule has 0 aliphatic rings. The molecule has 0 aliphatic heterocycles. The summed E-state index contributed by atoms with van der Waals surface area (Å²) in [7, 11) is 0. The third kappa shape index (κ3) is 4.93. The van der Waals surface area contributed by atoms with E-state index in [0.29, 0.717) is 12.1 Å². The van der Waals surface area contributed by atoms with Crippen LogP contribution in [0.25, 0.3) is 0 Å². The summed E-state index contributed by atoms with van der Waals surface area (Å²) in [6, 6.07) is 2.54. The van der Waals surface area contributed by atoms with Gasteiger partial charge in [-0.2, -0.15) is 31.6 Å². The fourth-order valence-electron chi connectivity index (χ4n) is 1.69. The summed E-state index contributed by atoms with van der Waals surface area (Å²) < 4.78 is 76.1. The molecule has 0 aromatic heterocycles. The maximum atomic E-state index is 12.7. The molecule has 0 fully saturated rings. The minimum absolute atomic E-state index is 0.0888. The van der Waals surface area contributed by atoms with Crippen molar-refractivity contribution in [2.24, 2.45) is 0 Å². The van der Waals surface area contributed by atoms with E-state index < -0.39 is 29.5 Å². The van der Waals surface area contributed by atoms with E-state index in [4.69, 9.17) is 5.26 Å². The molecule has 1 atom stereocenters. The molecule has 1 unspecified atom stereocenters. The van der Waals surface area contributed by atoms with E-state index in [1.165, 1.54) is 6.92 Å². The van der Waals surface area contributed by atoms with Crippen LogP contribution in [-0.4, -0.2) is 6.54 Å². The lowest BCUT2D eigenvalue weighted by Crippen LogP contribution is -2.21. The topological polar surface area (TPSA) is 35.8 Å². The minimum atomic E-state index is -4.86. The maximum absolute atomic E-state index is 12.7. The van der Waals surface area contributed by atoms with Gasteiger partial charge in [-0.1, -0.05) is 0 Å². The molecular formula is C13H12F6N2. The van der Waals surface area contributed by atoms with Crippen LogP contribution in [-0.2, 0) is 12.4 Å². The van der Waals surface area contributed by atoms with E-state index in [2.05, 4.69) is 5.32 Å². The number of rotatable bonds is 4. The van der Waals surface area contributed by atoms with Crippen molar-refractivity contribution in [3.63, 3.8) is 0 Å². The lowest BCUT2D eigenvalue weighted by Gasteiger charge is -2.18. The maximum Gasteiger partial charge on any atom is 0.416 e. The van der Waals surface area contributed by atoms with Crippen molar-refractivity contribution in [2.75, 3.05) is 6.54 Å². The predicted molar refractivity (Wildman–Crippen MR) is 63.1 cm³/mol. The highest BCUT2D eigenvalue weighted by atomic mass is 19.4. The van der Waals surface area contributed by atoms with Crippen molar-refractivity contribution in [3.8, 4) is 6.07 Å². The van der Waals surface area contributed by atoms with Gasteiger partial charge in [0.2, 0.25) is 0 Å². The van der Waals surface area contributed by atoms with Crippen LogP contribution < -0.4 is 5.32 Å². The Bertz CT molecular complexity index is 495. The number of hydrogen-bond donors (Lipinski definition) is 1. The highest BCUT2D eigenvalue weighted by molar-refractivity contribution is 5.35. The van der Waals surface area contributed by atoms with Crippen LogP contribution >= 0.6 is 0 Å². The number of halogens is 6. The van der Waals surface area contributed by atoms with Gasteiger partial charge in [0.1, 0.15) is 0 Å². The van der Waals surface area contributed by atoms with Crippen molar-refractivity contribution in [2.45, 2.75) is 31.7 Å². The van der Waals surface area contributed by atoms with Crippen molar-refractivity contribution in [1.29, 1.82) is 5.26 Å². The third-order valence-electron chi connectivity index (χ3n) is 2.80. The lowest BCUT2D eigenvalue weighted by molar-refractivity contribution is -0.143. The zero-order valence-electron chi connectivity index (χ0n) is 10.9. The lowest BCUT2D eigenvalue weighted by atomic mass is 10.0. The number of alkyl halides is 6. The molecule has 0 bridgehead atoms. The summed E-state index contributed by atoms with van der Waals surface area (Å²) in [5, 5.41) is 11.1. The van der Waals surface area contributed by atoms with Gasteiger partial charge in [-0.15, -0.1) is 0 Å². The van der Waals surface area contributed by atoms with Crippen LogP contribution in [0, 0.1) is 11.3 Å². The molecule has 0 amide bonds. The minimum Gasteiger partial charge on any atom is -0.309 e. The molecule has 21 heavy (non-hydrogen) atoms. The van der Waals surface area contributed by atoms with Crippen molar-refractivity contribution >= 4 is 0 Å². The van der Waals surface area contributed by atoms with Gasteiger partial charge in [-0.25, -0.2) is 0 Å². The summed E-state index contributed by atoms with van der Waals surface area (Å²) in [4.78, 5) is 0. The Balaban J connectivity index is 3.17. The average molecular weight is 310 g/mol. The van der Waals surface area contributed by atoms with Gasteiger partial charge in [-0.05, 0) is 30.7 Å². The molecule has 0 saturated carbocycles. The summed E-state index contributed by atoms with van der Waals surface area (Å²) in [5.74, 6) is 0. The Morgan fingerprint density at radius 3 is 1.90 bits per heavy atom. The Kier molecular flexibility index (Phi) is 5.23. The Labute approximate surface area is 117 Å². The molecule has 8 heteroatoms. The van der Waals surface area contributed by atoms with E-state index in [-0.39, 0.29) is 24.6 Å². The number of nitrogens with zero attached hydrogens (tertiary/aromatic N) is 1. The van der Waals surface area contributed by atoms with Gasteiger partial charge in [0.25, 0.3) is 0 Å². The van der Waals surface area contributed by atoms with Crippen molar-refractivity contribution < 1.29 is 26.3 Å². The monoisotopic (exact) mass is 310 g/mol. The SMILES string of the molecule is CC(NCCC#N)c1cc(C(F)(F)F)cc(C(F)(F)F)c1. The predicted octanol–water partition coefficient (Wildman–Crippen LogP) is 4.29. The first kappa shape index (κ1) is 17.3. The largest absolute Gasteiger partial charge is 0.416 e. The van der Waals surface area contributed by atoms with Crippen LogP contribution in [0.2, 0.25) is 0 Å². The van der Waals surface area contributed by atoms with Crippen LogP contribution in [0.4, 0.5) is 26.3 Å². The molecule has 0 saturated heterocycles. The first-order valence-corrected chi connectivity index (χ1v) is 5.95. The number of nitriles is 1. The molecule has 116 valence electrons. The van der Waals surface area contributed by atoms with Crippen molar-refractivity contribution in [3.05, 3.63) is 34.9 Å². The van der Waals surface area contributed by atoms with Crippen LogP contribution in [0.5, 0.6) is 0 Å². The fraction of sp³-hybridized carbons (Fsp3) is 0.462. The van der Waals surface area contributed by atoms with Gasteiger partial charge in [0.15, 0.2) is 0 Å². The van der Waals surface area contributed by atoms with Gasteiger partial charge in [0, 0.05) is 19.0 Å². The molecule has 0 radical (unpaired) electrons. The zero-order chi connectivity index (χ0) is 16.3. The smallest absolute Gasteiger partial charge is 0.309 e. The molecule has 1 aromatic rings. The summed E-state index contributed by atoms with van der Waals surface area (Å²) in [5.41, 5.74) is -2.82. The van der Waals surface area contributed by atoms with Crippen molar-refractivity contribution in [1.82, 2.24) is 5.32 Å². The standard InChI is InChI=1S/C13H12F6N2/c1-8(21-4-2-3-20)9-5-10(12(14,15)16)7-11(6-9)13(17,18)19/h5-8,21H,2,4H2,1H3. The second-order valence-electron chi connectivity index (χ2n) is 4.42. The van der Waals surface area contributed by atoms with Gasteiger partial charge in [-0.3, -0.25) is 0 Å². The summed E-state index contributed by atoms with van der Waals surface area (Å²) >= 11 is 0. The molecule has 1 aromatic carbocycles. The number of benzene rings is 1. The third-order valence-corrected chi connectivity index (χ3v) is 2.80. The fourth-order valence-corrected chi connectivity index (χ4v) is 1.69. The second kappa shape index (κ2) is 6.35. The van der Waals surface area contributed by atoms with Gasteiger partial charge in [0.05, 0.1) is 17.2 Å². The second-order valence-corrected chi connectivity index (χ2v) is 4.42.